The summed E-state index contributed by atoms with van der Waals surface area (Å²) in [6.07, 6.45) is 0. The fourth-order valence-electron chi connectivity index (χ4n) is 2.49. The van der Waals surface area contributed by atoms with Crippen LogP contribution in [0.25, 0.3) is 0 Å². The Morgan fingerprint density at radius 1 is 1.00 bits per heavy atom. The number of nitrogens with one attached hydrogen (secondary N) is 1. The first kappa shape index (κ1) is 15.9. The second-order valence-electron chi connectivity index (χ2n) is 5.41. The van der Waals surface area contributed by atoms with Gasteiger partial charge in [-0.05, 0) is 50.1 Å². The largest absolute Gasteiger partial charge is 0.496 e. The Morgan fingerprint density at radius 2 is 1.67 bits per heavy atom. The van der Waals surface area contributed by atoms with Crippen molar-refractivity contribution in [1.29, 1.82) is 0 Å². The van der Waals surface area contributed by atoms with E-state index in [-0.39, 0.29) is 12.1 Å². The average Bonchev–Trinajstić information content (AvgIpc) is 2.47. The van der Waals surface area contributed by atoms with E-state index in [1.54, 1.807) is 7.11 Å². The van der Waals surface area contributed by atoms with Crippen LogP contribution in [0.3, 0.4) is 0 Å². The Bertz CT molecular complexity index is 595. The van der Waals surface area contributed by atoms with Crippen molar-refractivity contribution in [2.24, 2.45) is 0 Å². The second-order valence-corrected chi connectivity index (χ2v) is 5.84. The molecule has 0 saturated heterocycles. The van der Waals surface area contributed by atoms with E-state index in [0.717, 1.165) is 10.8 Å². The lowest BCUT2D eigenvalue weighted by molar-refractivity contribution is 0.396. The highest BCUT2D eigenvalue weighted by Gasteiger charge is 2.14. The summed E-state index contributed by atoms with van der Waals surface area (Å²) in [6, 6.07) is 14.7. The number of aryl methyl sites for hydroxylation is 1. The Labute approximate surface area is 132 Å². The molecule has 0 aliphatic heterocycles. The van der Waals surface area contributed by atoms with Crippen molar-refractivity contribution >= 4 is 11.6 Å². The molecule has 0 bridgehead atoms. The first-order valence-electron chi connectivity index (χ1n) is 7.17. The van der Waals surface area contributed by atoms with Gasteiger partial charge >= 0.3 is 0 Å². The zero-order chi connectivity index (χ0) is 15.4. The molecule has 2 aromatic rings. The third-order valence-electron chi connectivity index (χ3n) is 3.73. The number of ether oxygens (including phenoxy) is 1. The third kappa shape index (κ3) is 3.99. The molecule has 2 atom stereocenters. The summed E-state index contributed by atoms with van der Waals surface area (Å²) in [6.45, 7) is 6.38. The summed E-state index contributed by atoms with van der Waals surface area (Å²) in [7, 11) is 1.72. The van der Waals surface area contributed by atoms with Crippen molar-refractivity contribution in [2.45, 2.75) is 32.9 Å². The first-order chi connectivity index (χ1) is 10.0. The van der Waals surface area contributed by atoms with Gasteiger partial charge in [-0.1, -0.05) is 35.9 Å². The van der Waals surface area contributed by atoms with Crippen LogP contribution < -0.4 is 10.1 Å². The van der Waals surface area contributed by atoms with Gasteiger partial charge in [0.15, 0.2) is 0 Å². The van der Waals surface area contributed by atoms with Crippen LogP contribution in [0.1, 0.15) is 42.6 Å². The predicted molar refractivity (Wildman–Crippen MR) is 89.1 cm³/mol. The van der Waals surface area contributed by atoms with Crippen LogP contribution >= 0.6 is 11.6 Å². The molecule has 112 valence electrons. The number of halogens is 1. The van der Waals surface area contributed by atoms with Crippen LogP contribution in [-0.4, -0.2) is 7.11 Å². The van der Waals surface area contributed by atoms with Crippen molar-refractivity contribution in [3.63, 3.8) is 0 Å². The van der Waals surface area contributed by atoms with Crippen LogP contribution in [0.15, 0.2) is 42.5 Å². The minimum absolute atomic E-state index is 0.200. The van der Waals surface area contributed by atoms with E-state index in [1.165, 1.54) is 16.7 Å². The maximum Gasteiger partial charge on any atom is 0.123 e. The summed E-state index contributed by atoms with van der Waals surface area (Å²) in [5.74, 6) is 0.929. The van der Waals surface area contributed by atoms with Gasteiger partial charge in [0, 0.05) is 22.7 Å². The fourth-order valence-corrected chi connectivity index (χ4v) is 2.61. The van der Waals surface area contributed by atoms with Gasteiger partial charge in [-0.25, -0.2) is 0 Å². The van der Waals surface area contributed by atoms with E-state index in [4.69, 9.17) is 16.3 Å². The Hall–Kier alpha value is -1.51. The van der Waals surface area contributed by atoms with Gasteiger partial charge in [-0.3, -0.25) is 0 Å². The van der Waals surface area contributed by atoms with Gasteiger partial charge in [0.1, 0.15) is 5.75 Å². The number of rotatable bonds is 5. The number of hydrogen-bond acceptors (Lipinski definition) is 2. The van der Waals surface area contributed by atoms with E-state index in [9.17, 15) is 0 Å². The summed E-state index contributed by atoms with van der Waals surface area (Å²) in [5, 5.41) is 4.37. The Morgan fingerprint density at radius 3 is 2.29 bits per heavy atom. The molecule has 21 heavy (non-hydrogen) atoms. The van der Waals surface area contributed by atoms with E-state index < -0.39 is 0 Å². The normalized spacial score (nSPS) is 13.8. The molecule has 2 nitrogen and oxygen atoms in total. The maximum atomic E-state index is 5.94. The monoisotopic (exact) mass is 303 g/mol. The van der Waals surface area contributed by atoms with E-state index in [1.807, 2.05) is 12.1 Å². The molecule has 0 aliphatic rings. The minimum atomic E-state index is 0.200. The number of methoxy groups -OCH3 is 1. The van der Waals surface area contributed by atoms with Gasteiger partial charge in [-0.15, -0.1) is 0 Å². The average molecular weight is 304 g/mol. The topological polar surface area (TPSA) is 21.3 Å². The van der Waals surface area contributed by atoms with E-state index in [2.05, 4.69) is 56.4 Å². The van der Waals surface area contributed by atoms with Crippen molar-refractivity contribution in [3.05, 3.63) is 64.2 Å². The third-order valence-corrected chi connectivity index (χ3v) is 3.98. The fraction of sp³-hybridized carbons (Fsp3) is 0.333. The zero-order valence-corrected chi connectivity index (χ0v) is 13.7. The van der Waals surface area contributed by atoms with Crippen LogP contribution in [0.5, 0.6) is 5.75 Å². The predicted octanol–water partition coefficient (Wildman–Crippen LogP) is 5.07. The molecule has 1 N–H and O–H groups in total. The molecular weight excluding hydrogens is 282 g/mol. The summed E-state index contributed by atoms with van der Waals surface area (Å²) in [4.78, 5) is 0. The lowest BCUT2D eigenvalue weighted by atomic mass is 10.0. The van der Waals surface area contributed by atoms with Crippen molar-refractivity contribution in [1.82, 2.24) is 5.32 Å². The van der Waals surface area contributed by atoms with Gasteiger partial charge in [0.05, 0.1) is 7.11 Å². The molecule has 1 unspecified atom stereocenters. The standard InChI is InChI=1S/C18H22ClNO/c1-12-5-10-17(18(11-12)21-4)14(3)20-13(2)15-6-8-16(19)9-7-15/h5-11,13-14,20H,1-4H3/t13-,14?/m0/s1. The van der Waals surface area contributed by atoms with Crippen molar-refractivity contribution < 1.29 is 4.74 Å². The molecule has 0 radical (unpaired) electrons. The molecule has 0 aromatic heterocycles. The molecule has 0 amide bonds. The van der Waals surface area contributed by atoms with E-state index >= 15 is 0 Å². The molecule has 0 saturated carbocycles. The maximum absolute atomic E-state index is 5.94. The quantitative estimate of drug-likeness (QED) is 0.832. The lowest BCUT2D eigenvalue weighted by Gasteiger charge is -2.22. The van der Waals surface area contributed by atoms with Crippen LogP contribution in [0.4, 0.5) is 0 Å². The molecular formula is C18H22ClNO. The molecule has 3 heteroatoms. The summed E-state index contributed by atoms with van der Waals surface area (Å²) in [5.41, 5.74) is 3.59. The summed E-state index contributed by atoms with van der Waals surface area (Å²) < 4.78 is 5.49. The molecule has 0 heterocycles. The molecule has 2 aromatic carbocycles. The zero-order valence-electron chi connectivity index (χ0n) is 13.0. The number of hydrogen-bond donors (Lipinski definition) is 1. The van der Waals surface area contributed by atoms with Crippen LogP contribution in [-0.2, 0) is 0 Å². The van der Waals surface area contributed by atoms with Crippen LogP contribution in [0, 0.1) is 6.92 Å². The highest BCUT2D eigenvalue weighted by Crippen LogP contribution is 2.28. The van der Waals surface area contributed by atoms with Gasteiger partial charge in [-0.2, -0.15) is 0 Å². The highest BCUT2D eigenvalue weighted by molar-refractivity contribution is 6.30. The lowest BCUT2D eigenvalue weighted by Crippen LogP contribution is -2.22. The smallest absolute Gasteiger partial charge is 0.123 e. The Balaban J connectivity index is 2.13. The molecule has 0 spiro atoms. The highest BCUT2D eigenvalue weighted by atomic mass is 35.5. The van der Waals surface area contributed by atoms with Crippen molar-refractivity contribution in [3.8, 4) is 5.75 Å². The van der Waals surface area contributed by atoms with Gasteiger partial charge in [0.2, 0.25) is 0 Å². The van der Waals surface area contributed by atoms with Gasteiger partial charge in [0.25, 0.3) is 0 Å². The molecule has 0 aliphatic carbocycles. The molecule has 2 rings (SSSR count). The van der Waals surface area contributed by atoms with E-state index in [0.29, 0.717) is 0 Å². The second kappa shape index (κ2) is 6.97. The molecule has 0 fully saturated rings. The number of benzene rings is 2. The first-order valence-corrected chi connectivity index (χ1v) is 7.55. The van der Waals surface area contributed by atoms with Gasteiger partial charge < -0.3 is 10.1 Å². The Kier molecular flexibility index (Phi) is 5.27. The SMILES string of the molecule is COc1cc(C)ccc1C(C)N[C@@H](C)c1ccc(Cl)cc1. The van der Waals surface area contributed by atoms with Crippen molar-refractivity contribution in [2.75, 3.05) is 7.11 Å². The van der Waals surface area contributed by atoms with Crippen LogP contribution in [0.2, 0.25) is 5.02 Å². The minimum Gasteiger partial charge on any atom is -0.496 e. The summed E-state index contributed by atoms with van der Waals surface area (Å²) >= 11 is 5.94.